The van der Waals surface area contributed by atoms with Crippen molar-refractivity contribution in [3.05, 3.63) is 29.5 Å². The third kappa shape index (κ3) is 1.21. The van der Waals surface area contributed by atoms with Crippen LogP contribution in [0.4, 0.5) is 0 Å². The van der Waals surface area contributed by atoms with Gasteiger partial charge in [-0.05, 0) is 25.1 Å². The van der Waals surface area contributed by atoms with Gasteiger partial charge in [0.25, 0.3) is 0 Å². The Balaban J connectivity index is 2.80. The normalized spacial score (nSPS) is 10.1. The van der Waals surface area contributed by atoms with Gasteiger partial charge in [0, 0.05) is 11.1 Å². The highest BCUT2D eigenvalue weighted by atomic mass is 16.5. The van der Waals surface area contributed by atoms with Gasteiger partial charge in [-0.15, -0.1) is 0 Å². The number of nitrogens with one attached hydrogen (secondary N) is 1. The molecule has 3 nitrogen and oxygen atoms in total. The molecule has 0 aliphatic carbocycles. The lowest BCUT2D eigenvalue weighted by atomic mass is 10.1. The first kappa shape index (κ1) is 8.64. The molecule has 2 rings (SSSR count). The van der Waals surface area contributed by atoms with Crippen molar-refractivity contribution in [2.75, 3.05) is 7.11 Å². The Kier molecular flexibility index (Phi) is 1.90. The monoisotopic (exact) mass is 186 g/mol. The molecule has 0 saturated carbocycles. The van der Waals surface area contributed by atoms with Crippen molar-refractivity contribution in [2.24, 2.45) is 0 Å². The molecule has 70 valence electrons. The third-order valence-corrected chi connectivity index (χ3v) is 2.18. The average molecular weight is 186 g/mol. The quantitative estimate of drug-likeness (QED) is 0.743. The Bertz CT molecular complexity index is 520. The smallest absolute Gasteiger partial charge is 0.129 e. The Morgan fingerprint density at radius 3 is 2.79 bits per heavy atom. The van der Waals surface area contributed by atoms with E-state index in [2.05, 4.69) is 11.1 Å². The fraction of sp³-hybridized carbons (Fsp3) is 0.182. The van der Waals surface area contributed by atoms with Crippen LogP contribution in [0.2, 0.25) is 0 Å². The van der Waals surface area contributed by atoms with E-state index in [9.17, 15) is 0 Å². The highest BCUT2D eigenvalue weighted by Gasteiger charge is 2.06. The van der Waals surface area contributed by atoms with E-state index in [1.54, 1.807) is 13.2 Å². The molecule has 0 unspecified atom stereocenters. The summed E-state index contributed by atoms with van der Waals surface area (Å²) in [6.45, 7) is 1.98. The van der Waals surface area contributed by atoms with Gasteiger partial charge in [0.15, 0.2) is 0 Å². The molecule has 0 aliphatic rings. The van der Waals surface area contributed by atoms with Crippen LogP contribution < -0.4 is 4.74 Å². The number of methoxy groups -OCH3 is 1. The fourth-order valence-corrected chi connectivity index (χ4v) is 1.58. The molecule has 0 fully saturated rings. The molecule has 1 aromatic carbocycles. The largest absolute Gasteiger partial charge is 0.496 e. The number of hydrogen-bond acceptors (Lipinski definition) is 2. The minimum atomic E-state index is 0.608. The second kappa shape index (κ2) is 3.08. The number of aromatic nitrogens is 1. The number of nitrogens with zero attached hydrogens (tertiary/aromatic N) is 1. The number of benzene rings is 1. The number of aromatic amines is 1. The number of fused-ring (bicyclic) bond motifs is 1. The summed E-state index contributed by atoms with van der Waals surface area (Å²) in [5.41, 5.74) is 2.61. The number of aryl methyl sites for hydroxylation is 1. The van der Waals surface area contributed by atoms with Crippen LogP contribution in [0.1, 0.15) is 11.3 Å². The standard InChI is InChI=1S/C11H10N2O/c1-7-3-9-10(13-7)4-8(6-12)5-11(9)14-2/h3-5,13H,1-2H3. The molecule has 0 saturated heterocycles. The molecule has 3 heteroatoms. The SMILES string of the molecule is COc1cc(C#N)cc2[nH]c(C)cc12. The van der Waals surface area contributed by atoms with Gasteiger partial charge in [0.05, 0.1) is 24.3 Å². The van der Waals surface area contributed by atoms with E-state index < -0.39 is 0 Å². The minimum Gasteiger partial charge on any atom is -0.496 e. The Labute approximate surface area is 81.9 Å². The second-order valence-corrected chi connectivity index (χ2v) is 3.20. The van der Waals surface area contributed by atoms with Crippen LogP contribution in [0.15, 0.2) is 18.2 Å². The maximum absolute atomic E-state index is 8.80. The predicted octanol–water partition coefficient (Wildman–Crippen LogP) is 2.36. The number of ether oxygens (including phenoxy) is 1. The van der Waals surface area contributed by atoms with Gasteiger partial charge in [0.1, 0.15) is 5.75 Å². The number of H-pyrrole nitrogens is 1. The molecule has 2 aromatic rings. The van der Waals surface area contributed by atoms with E-state index in [4.69, 9.17) is 10.00 Å². The van der Waals surface area contributed by atoms with Crippen LogP contribution in [0.5, 0.6) is 5.75 Å². The minimum absolute atomic E-state index is 0.608. The van der Waals surface area contributed by atoms with Gasteiger partial charge in [0.2, 0.25) is 0 Å². The lowest BCUT2D eigenvalue weighted by Crippen LogP contribution is -1.85. The summed E-state index contributed by atoms with van der Waals surface area (Å²) < 4.78 is 5.21. The Morgan fingerprint density at radius 1 is 1.36 bits per heavy atom. The summed E-state index contributed by atoms with van der Waals surface area (Å²) in [6.07, 6.45) is 0. The second-order valence-electron chi connectivity index (χ2n) is 3.20. The first-order valence-electron chi connectivity index (χ1n) is 4.32. The average Bonchev–Trinajstić information content (AvgIpc) is 2.56. The van der Waals surface area contributed by atoms with Crippen molar-refractivity contribution in [1.82, 2.24) is 4.98 Å². The zero-order valence-corrected chi connectivity index (χ0v) is 8.09. The number of nitriles is 1. The van der Waals surface area contributed by atoms with Crippen LogP contribution >= 0.6 is 0 Å². The zero-order chi connectivity index (χ0) is 10.1. The van der Waals surface area contributed by atoms with Gasteiger partial charge >= 0.3 is 0 Å². The van der Waals surface area contributed by atoms with Crippen LogP contribution in [-0.2, 0) is 0 Å². The van der Waals surface area contributed by atoms with Crippen molar-refractivity contribution in [3.63, 3.8) is 0 Å². The Morgan fingerprint density at radius 2 is 2.14 bits per heavy atom. The lowest BCUT2D eigenvalue weighted by Gasteiger charge is -2.01. The van der Waals surface area contributed by atoms with E-state index in [1.807, 2.05) is 19.1 Å². The molecule has 1 aromatic heterocycles. The van der Waals surface area contributed by atoms with Crippen LogP contribution in [0.25, 0.3) is 10.9 Å². The number of hydrogen-bond donors (Lipinski definition) is 1. The van der Waals surface area contributed by atoms with Gasteiger partial charge in [-0.2, -0.15) is 5.26 Å². The van der Waals surface area contributed by atoms with E-state index in [1.165, 1.54) is 0 Å². The Hall–Kier alpha value is -1.95. The molecule has 0 spiro atoms. The van der Waals surface area contributed by atoms with Crippen LogP contribution in [-0.4, -0.2) is 12.1 Å². The molecule has 0 aliphatic heterocycles. The zero-order valence-electron chi connectivity index (χ0n) is 8.09. The fourth-order valence-electron chi connectivity index (χ4n) is 1.58. The van der Waals surface area contributed by atoms with E-state index in [-0.39, 0.29) is 0 Å². The van der Waals surface area contributed by atoms with Gasteiger partial charge in [-0.3, -0.25) is 0 Å². The van der Waals surface area contributed by atoms with E-state index in [0.717, 1.165) is 22.3 Å². The molecular weight excluding hydrogens is 176 g/mol. The molecule has 1 N–H and O–H groups in total. The summed E-state index contributed by atoms with van der Waals surface area (Å²) in [6, 6.07) is 7.68. The molecule has 1 heterocycles. The maximum Gasteiger partial charge on any atom is 0.129 e. The molecule has 0 radical (unpaired) electrons. The highest BCUT2D eigenvalue weighted by molar-refractivity contribution is 5.88. The maximum atomic E-state index is 8.80. The summed E-state index contributed by atoms with van der Waals surface area (Å²) in [7, 11) is 1.61. The van der Waals surface area contributed by atoms with Crippen molar-refractivity contribution in [3.8, 4) is 11.8 Å². The summed E-state index contributed by atoms with van der Waals surface area (Å²) in [5.74, 6) is 0.739. The van der Waals surface area contributed by atoms with Crippen LogP contribution in [0.3, 0.4) is 0 Å². The molecule has 14 heavy (non-hydrogen) atoms. The summed E-state index contributed by atoms with van der Waals surface area (Å²) >= 11 is 0. The molecule has 0 bridgehead atoms. The van der Waals surface area contributed by atoms with Crippen molar-refractivity contribution in [1.29, 1.82) is 5.26 Å². The van der Waals surface area contributed by atoms with E-state index in [0.29, 0.717) is 5.56 Å². The number of rotatable bonds is 1. The summed E-state index contributed by atoms with van der Waals surface area (Å²) in [4.78, 5) is 3.18. The molecular formula is C11H10N2O. The summed E-state index contributed by atoms with van der Waals surface area (Å²) in [5, 5.41) is 9.82. The molecule has 0 amide bonds. The van der Waals surface area contributed by atoms with Crippen LogP contribution in [0, 0.1) is 18.3 Å². The highest BCUT2D eigenvalue weighted by Crippen LogP contribution is 2.27. The van der Waals surface area contributed by atoms with Gasteiger partial charge in [-0.1, -0.05) is 0 Å². The van der Waals surface area contributed by atoms with Gasteiger partial charge < -0.3 is 9.72 Å². The van der Waals surface area contributed by atoms with Crippen molar-refractivity contribution >= 4 is 10.9 Å². The first-order chi connectivity index (χ1) is 6.74. The first-order valence-corrected chi connectivity index (χ1v) is 4.32. The third-order valence-electron chi connectivity index (χ3n) is 2.18. The van der Waals surface area contributed by atoms with Gasteiger partial charge in [-0.25, -0.2) is 0 Å². The lowest BCUT2D eigenvalue weighted by molar-refractivity contribution is 0.419. The molecule has 0 atom stereocenters. The van der Waals surface area contributed by atoms with Crippen molar-refractivity contribution < 1.29 is 4.74 Å². The van der Waals surface area contributed by atoms with Crippen molar-refractivity contribution in [2.45, 2.75) is 6.92 Å². The predicted molar refractivity (Wildman–Crippen MR) is 54.3 cm³/mol. The topological polar surface area (TPSA) is 48.8 Å². The van der Waals surface area contributed by atoms with E-state index >= 15 is 0 Å².